The van der Waals surface area contributed by atoms with E-state index in [1.807, 2.05) is 0 Å². The first-order chi connectivity index (χ1) is 11.7. The summed E-state index contributed by atoms with van der Waals surface area (Å²) in [6.45, 7) is 0. The molecule has 7 aliphatic rings. The molecule has 24 heavy (non-hydrogen) atoms. The Morgan fingerprint density at radius 3 is 0.375 bits per heavy atom. The van der Waals surface area contributed by atoms with Crippen molar-refractivity contribution in [2.45, 2.75) is 116 Å². The van der Waals surface area contributed by atoms with Gasteiger partial charge in [0, 0.05) is 0 Å². The van der Waals surface area contributed by atoms with E-state index in [2.05, 4.69) is 0 Å². The lowest BCUT2D eigenvalue weighted by Gasteiger charge is -2.93. The molecule has 7 fully saturated rings. The van der Waals surface area contributed by atoms with Crippen molar-refractivity contribution in [1.82, 2.24) is 0 Å². The number of hydrogen-bond acceptors (Lipinski definition) is 0. The molecule has 0 N–H and O–H groups in total. The van der Waals surface area contributed by atoms with Crippen LogP contribution in [0.15, 0.2) is 0 Å². The SMILES string of the molecule is C1CC2(C1)C1(CCC1)C1(CCC1)C1(CCC1)C1(CCC1)C21CCC1. The molecule has 6 spiro atoms. The van der Waals surface area contributed by atoms with Gasteiger partial charge in [-0.1, -0.05) is 38.5 Å². The highest BCUT2D eigenvalue weighted by Gasteiger charge is 2.89. The van der Waals surface area contributed by atoms with E-state index in [1.165, 1.54) is 0 Å². The second-order valence-electron chi connectivity index (χ2n) is 11.6. The van der Waals surface area contributed by atoms with Gasteiger partial charge in [-0.2, -0.15) is 0 Å². The minimum Gasteiger partial charge on any atom is -0.0522 e. The topological polar surface area (TPSA) is 0 Å². The largest absolute Gasteiger partial charge is 0.0522 e. The fourth-order valence-corrected chi connectivity index (χ4v) is 11.7. The van der Waals surface area contributed by atoms with Crippen molar-refractivity contribution in [3.63, 3.8) is 0 Å². The fourth-order valence-electron chi connectivity index (χ4n) is 11.7. The van der Waals surface area contributed by atoms with Gasteiger partial charge in [0.15, 0.2) is 0 Å². The van der Waals surface area contributed by atoms with Gasteiger partial charge in [-0.05, 0) is 110 Å². The van der Waals surface area contributed by atoms with Crippen LogP contribution in [0.3, 0.4) is 0 Å². The second kappa shape index (κ2) is 3.82. The van der Waals surface area contributed by atoms with Crippen molar-refractivity contribution < 1.29 is 0 Å². The van der Waals surface area contributed by atoms with Crippen LogP contribution < -0.4 is 0 Å². The molecule has 0 atom stereocenters. The Hall–Kier alpha value is 0. The van der Waals surface area contributed by atoms with Crippen LogP contribution in [0.4, 0.5) is 0 Å². The lowest BCUT2D eigenvalue weighted by Crippen LogP contribution is -2.85. The van der Waals surface area contributed by atoms with Crippen molar-refractivity contribution in [1.29, 1.82) is 0 Å². The van der Waals surface area contributed by atoms with Gasteiger partial charge < -0.3 is 0 Å². The predicted molar refractivity (Wildman–Crippen MR) is 97.7 cm³/mol. The van der Waals surface area contributed by atoms with Gasteiger partial charge in [0.25, 0.3) is 0 Å². The molecule has 7 saturated carbocycles. The van der Waals surface area contributed by atoms with Gasteiger partial charge in [-0.25, -0.2) is 0 Å². The van der Waals surface area contributed by atoms with Gasteiger partial charge in [-0.3, -0.25) is 0 Å². The van der Waals surface area contributed by atoms with Crippen molar-refractivity contribution in [3.8, 4) is 0 Å². The maximum atomic E-state index is 1.66. The van der Waals surface area contributed by atoms with E-state index in [0.717, 1.165) is 32.5 Å². The first-order valence-corrected chi connectivity index (χ1v) is 11.7. The quantitative estimate of drug-likeness (QED) is 0.449. The Morgan fingerprint density at radius 2 is 0.333 bits per heavy atom. The van der Waals surface area contributed by atoms with E-state index in [1.54, 1.807) is 116 Å². The fraction of sp³-hybridized carbons (Fsp3) is 1.00. The van der Waals surface area contributed by atoms with Crippen molar-refractivity contribution in [2.75, 3.05) is 0 Å². The average Bonchev–Trinajstić information content (AvgIpc) is 2.31. The molecule has 0 unspecified atom stereocenters. The summed E-state index contributed by atoms with van der Waals surface area (Å²) in [5.74, 6) is 0. The molecule has 0 amide bonds. The molecule has 132 valence electrons. The van der Waals surface area contributed by atoms with Crippen LogP contribution in [0.2, 0.25) is 0 Å². The van der Waals surface area contributed by atoms with Crippen LogP contribution in [0.5, 0.6) is 0 Å². The zero-order chi connectivity index (χ0) is 15.7. The molecule has 0 aromatic heterocycles. The third-order valence-electron chi connectivity index (χ3n) is 12.7. The third-order valence-corrected chi connectivity index (χ3v) is 12.7. The Morgan fingerprint density at radius 1 is 0.208 bits per heavy atom. The Bertz CT molecular complexity index is 422. The molecular weight excluding hydrogens is 288 g/mol. The van der Waals surface area contributed by atoms with Crippen LogP contribution >= 0.6 is 0 Å². The molecular formula is C24H36. The molecule has 7 rings (SSSR count). The van der Waals surface area contributed by atoms with Crippen LogP contribution in [0, 0.1) is 32.5 Å². The third kappa shape index (κ3) is 0.933. The summed E-state index contributed by atoms with van der Waals surface area (Å²) in [4.78, 5) is 0. The highest BCUT2D eigenvalue weighted by molar-refractivity contribution is 5.38. The lowest BCUT2D eigenvalue weighted by atomic mass is 9.11. The maximum Gasteiger partial charge on any atom is -0.0173 e. The molecule has 0 saturated heterocycles. The van der Waals surface area contributed by atoms with Crippen molar-refractivity contribution in [3.05, 3.63) is 0 Å². The molecule has 0 heteroatoms. The van der Waals surface area contributed by atoms with Gasteiger partial charge in [-0.15, -0.1) is 0 Å². The van der Waals surface area contributed by atoms with E-state index in [-0.39, 0.29) is 0 Å². The van der Waals surface area contributed by atoms with Gasteiger partial charge in [0.05, 0.1) is 0 Å². The summed E-state index contributed by atoms with van der Waals surface area (Å²) in [6.07, 6.45) is 29.4. The molecule has 0 heterocycles. The van der Waals surface area contributed by atoms with Crippen molar-refractivity contribution >= 4 is 0 Å². The Balaban J connectivity index is 1.53. The van der Waals surface area contributed by atoms with E-state index < -0.39 is 0 Å². The average molecular weight is 325 g/mol. The van der Waals surface area contributed by atoms with Gasteiger partial charge in [0.2, 0.25) is 0 Å². The summed E-state index contributed by atoms with van der Waals surface area (Å²) in [5.41, 5.74) is 5.07. The normalized spacial score (nSPS) is 42.0. The molecule has 0 radical (unpaired) electrons. The molecule has 0 aromatic carbocycles. The zero-order valence-corrected chi connectivity index (χ0v) is 15.7. The number of hydrogen-bond donors (Lipinski definition) is 0. The van der Waals surface area contributed by atoms with Crippen LogP contribution in [0.1, 0.15) is 116 Å². The highest BCUT2D eigenvalue weighted by Crippen LogP contribution is 2.97. The number of fused-ring (bicyclic) bond motifs is 6. The highest BCUT2D eigenvalue weighted by atomic mass is 14.9. The molecule has 0 bridgehead atoms. The summed E-state index contributed by atoms with van der Waals surface area (Å²) in [6, 6.07) is 0. The summed E-state index contributed by atoms with van der Waals surface area (Å²) in [5, 5.41) is 0. The lowest BCUT2D eigenvalue weighted by molar-refractivity contribution is -0.445. The van der Waals surface area contributed by atoms with E-state index in [9.17, 15) is 0 Å². The van der Waals surface area contributed by atoms with E-state index in [4.69, 9.17) is 0 Å². The van der Waals surface area contributed by atoms with Gasteiger partial charge in [0.1, 0.15) is 0 Å². The van der Waals surface area contributed by atoms with Crippen LogP contribution in [-0.4, -0.2) is 0 Å². The van der Waals surface area contributed by atoms with Crippen LogP contribution in [0.25, 0.3) is 0 Å². The minimum atomic E-state index is 0.845. The van der Waals surface area contributed by atoms with E-state index in [0.29, 0.717) is 0 Å². The first-order valence-electron chi connectivity index (χ1n) is 11.7. The maximum absolute atomic E-state index is 1.66. The standard InChI is InChI=1S/C24H36/c1-7-19(8-1)20(9-2-10-20)22(13-4-14-22)24(17-6-18-24)23(15-5-16-23)21(19)11-3-12-21/h1-18H2. The van der Waals surface area contributed by atoms with Crippen molar-refractivity contribution in [2.24, 2.45) is 32.5 Å². The summed E-state index contributed by atoms with van der Waals surface area (Å²) < 4.78 is 0. The number of rotatable bonds is 0. The monoisotopic (exact) mass is 324 g/mol. The first kappa shape index (κ1) is 14.1. The zero-order valence-electron chi connectivity index (χ0n) is 15.7. The summed E-state index contributed by atoms with van der Waals surface area (Å²) >= 11 is 0. The Kier molecular flexibility index (Phi) is 2.24. The summed E-state index contributed by atoms with van der Waals surface area (Å²) in [7, 11) is 0. The van der Waals surface area contributed by atoms with Crippen LogP contribution in [-0.2, 0) is 0 Å². The minimum absolute atomic E-state index is 0.845. The molecule has 0 nitrogen and oxygen atoms in total. The smallest absolute Gasteiger partial charge is 0.0173 e. The van der Waals surface area contributed by atoms with Gasteiger partial charge >= 0.3 is 0 Å². The molecule has 0 aromatic rings. The predicted octanol–water partition coefficient (Wildman–Crippen LogP) is 7.02. The molecule has 0 aliphatic heterocycles. The second-order valence-corrected chi connectivity index (χ2v) is 11.6. The Labute approximate surface area is 148 Å². The molecule has 7 aliphatic carbocycles. The van der Waals surface area contributed by atoms with E-state index >= 15 is 0 Å².